The Kier molecular flexibility index (Phi) is 4.53. The monoisotopic (exact) mass is 205 g/mol. The lowest BCUT2D eigenvalue weighted by Gasteiger charge is -2.33. The van der Waals surface area contributed by atoms with Crippen molar-refractivity contribution in [1.82, 2.24) is 5.32 Å². The highest BCUT2D eigenvalue weighted by Crippen LogP contribution is 2.35. The summed E-state index contributed by atoms with van der Waals surface area (Å²) < 4.78 is 14.1. The Balaban J connectivity index is 2.36. The van der Waals surface area contributed by atoms with Crippen LogP contribution in [0.2, 0.25) is 0 Å². The minimum Gasteiger partial charge on any atom is -0.320 e. The average Bonchev–Trinajstić information content (AvgIpc) is 2.16. The molecule has 0 aromatic carbocycles. The number of hydrogen-bond donors (Lipinski definition) is 1. The maximum atomic E-state index is 14.1. The predicted molar refractivity (Wildman–Crippen MR) is 58.1 cm³/mol. The summed E-state index contributed by atoms with van der Waals surface area (Å²) in [6, 6.07) is 0. The predicted octanol–water partition coefficient (Wildman–Crippen LogP) is 2.47. The van der Waals surface area contributed by atoms with Gasteiger partial charge in [-0.25, -0.2) is 4.39 Å². The van der Waals surface area contributed by atoms with E-state index in [4.69, 9.17) is 0 Å². The van der Waals surface area contributed by atoms with Crippen molar-refractivity contribution in [2.45, 2.75) is 31.9 Å². The molecule has 1 saturated heterocycles. The maximum Gasteiger partial charge on any atom is 0.112 e. The van der Waals surface area contributed by atoms with Gasteiger partial charge in [-0.05, 0) is 57.2 Å². The molecule has 0 aliphatic carbocycles. The van der Waals surface area contributed by atoms with Gasteiger partial charge in [-0.15, -0.1) is 0 Å². The minimum atomic E-state index is -0.954. The van der Waals surface area contributed by atoms with Crippen LogP contribution in [0.4, 0.5) is 4.39 Å². The molecule has 0 bridgehead atoms. The lowest BCUT2D eigenvalue weighted by Crippen LogP contribution is -2.35. The van der Waals surface area contributed by atoms with E-state index in [0.717, 1.165) is 30.9 Å². The molecule has 1 rings (SSSR count). The van der Waals surface area contributed by atoms with Gasteiger partial charge in [0.25, 0.3) is 0 Å². The molecule has 1 unspecified atom stereocenters. The number of halogens is 1. The zero-order chi connectivity index (χ0) is 9.73. The van der Waals surface area contributed by atoms with Crippen LogP contribution in [-0.4, -0.2) is 30.8 Å². The number of nitrogens with one attached hydrogen (secondary N) is 1. The van der Waals surface area contributed by atoms with E-state index >= 15 is 0 Å². The number of rotatable bonds is 4. The maximum absolute atomic E-state index is 14.1. The van der Waals surface area contributed by atoms with Crippen molar-refractivity contribution in [2.75, 3.05) is 25.1 Å². The second-order valence-electron chi connectivity index (χ2n) is 4.02. The molecule has 1 fully saturated rings. The average molecular weight is 205 g/mol. The highest BCUT2D eigenvalue weighted by atomic mass is 32.2. The van der Waals surface area contributed by atoms with Gasteiger partial charge in [-0.1, -0.05) is 0 Å². The van der Waals surface area contributed by atoms with E-state index in [0.29, 0.717) is 12.3 Å². The van der Waals surface area contributed by atoms with E-state index in [1.165, 1.54) is 0 Å². The zero-order valence-corrected chi connectivity index (χ0v) is 9.42. The lowest BCUT2D eigenvalue weighted by atomic mass is 9.84. The van der Waals surface area contributed by atoms with Crippen LogP contribution in [0, 0.1) is 5.92 Å². The Labute approximate surface area is 84.9 Å². The van der Waals surface area contributed by atoms with Gasteiger partial charge in [0, 0.05) is 0 Å². The third-order valence-corrected chi connectivity index (χ3v) is 3.99. The van der Waals surface area contributed by atoms with Crippen LogP contribution in [-0.2, 0) is 0 Å². The van der Waals surface area contributed by atoms with Gasteiger partial charge in [0.1, 0.15) is 5.67 Å². The molecule has 0 amide bonds. The van der Waals surface area contributed by atoms with E-state index in [1.54, 1.807) is 6.92 Å². The first kappa shape index (κ1) is 11.3. The molecule has 0 radical (unpaired) electrons. The summed E-state index contributed by atoms with van der Waals surface area (Å²) in [6.45, 7) is 2.56. The van der Waals surface area contributed by atoms with E-state index in [9.17, 15) is 4.39 Å². The van der Waals surface area contributed by atoms with E-state index in [1.807, 2.05) is 18.8 Å². The van der Waals surface area contributed by atoms with Crippen molar-refractivity contribution in [3.05, 3.63) is 0 Å². The summed E-state index contributed by atoms with van der Waals surface area (Å²) in [5.74, 6) is 2.58. The highest BCUT2D eigenvalue weighted by Gasteiger charge is 2.34. The van der Waals surface area contributed by atoms with Gasteiger partial charge in [0.2, 0.25) is 0 Å². The van der Waals surface area contributed by atoms with Crippen molar-refractivity contribution in [3.8, 4) is 0 Å². The van der Waals surface area contributed by atoms with Crippen molar-refractivity contribution >= 4 is 11.8 Å². The Bertz CT molecular complexity index is 144. The number of alkyl halides is 1. The first-order chi connectivity index (χ1) is 6.17. The summed E-state index contributed by atoms with van der Waals surface area (Å²) in [5.41, 5.74) is -0.954. The summed E-state index contributed by atoms with van der Waals surface area (Å²) in [5, 5.41) is 3.02. The fraction of sp³-hybridized carbons (Fsp3) is 1.00. The van der Waals surface area contributed by atoms with E-state index in [-0.39, 0.29) is 0 Å². The largest absolute Gasteiger partial charge is 0.320 e. The Morgan fingerprint density at radius 3 is 2.62 bits per heavy atom. The van der Waals surface area contributed by atoms with Crippen molar-refractivity contribution in [1.29, 1.82) is 0 Å². The fourth-order valence-electron chi connectivity index (χ4n) is 1.87. The molecule has 1 nitrogen and oxygen atoms in total. The van der Waals surface area contributed by atoms with Crippen LogP contribution in [0.3, 0.4) is 0 Å². The Hall–Kier alpha value is 0.240. The van der Waals surface area contributed by atoms with Crippen LogP contribution >= 0.6 is 11.8 Å². The van der Waals surface area contributed by atoms with Gasteiger partial charge < -0.3 is 5.32 Å². The molecule has 3 heteroatoms. The van der Waals surface area contributed by atoms with Gasteiger partial charge >= 0.3 is 0 Å². The molecule has 0 aromatic heterocycles. The molecule has 13 heavy (non-hydrogen) atoms. The molecule has 1 N–H and O–H groups in total. The van der Waals surface area contributed by atoms with Crippen LogP contribution in [0.15, 0.2) is 0 Å². The molecule has 0 aromatic rings. The van der Waals surface area contributed by atoms with E-state index < -0.39 is 5.67 Å². The van der Waals surface area contributed by atoms with E-state index in [2.05, 4.69) is 5.32 Å². The molecular weight excluding hydrogens is 185 g/mol. The van der Waals surface area contributed by atoms with Crippen molar-refractivity contribution in [2.24, 2.45) is 5.92 Å². The SMILES string of the molecule is CNCCC(C)(F)C1CCSCC1. The Morgan fingerprint density at radius 1 is 1.46 bits per heavy atom. The number of thioether (sulfide) groups is 1. The smallest absolute Gasteiger partial charge is 0.112 e. The first-order valence-corrected chi connectivity index (χ1v) is 6.23. The molecule has 1 aliphatic rings. The molecule has 1 heterocycles. The van der Waals surface area contributed by atoms with Crippen molar-refractivity contribution in [3.63, 3.8) is 0 Å². The summed E-state index contributed by atoms with van der Waals surface area (Å²) in [4.78, 5) is 0. The zero-order valence-electron chi connectivity index (χ0n) is 8.61. The molecule has 1 aliphatic heterocycles. The molecule has 1 atom stereocenters. The topological polar surface area (TPSA) is 12.0 Å². The van der Waals surface area contributed by atoms with Crippen LogP contribution < -0.4 is 5.32 Å². The lowest BCUT2D eigenvalue weighted by molar-refractivity contribution is 0.0857. The highest BCUT2D eigenvalue weighted by molar-refractivity contribution is 7.99. The second-order valence-corrected chi connectivity index (χ2v) is 5.24. The van der Waals surface area contributed by atoms with Gasteiger partial charge in [0.05, 0.1) is 0 Å². The molecular formula is C10H20FNS. The fourth-order valence-corrected chi connectivity index (χ4v) is 2.98. The third kappa shape index (κ3) is 3.47. The first-order valence-electron chi connectivity index (χ1n) is 5.08. The molecule has 78 valence electrons. The summed E-state index contributed by atoms with van der Waals surface area (Å²) in [7, 11) is 1.88. The second kappa shape index (κ2) is 5.20. The third-order valence-electron chi connectivity index (χ3n) is 2.94. The Morgan fingerprint density at radius 2 is 2.08 bits per heavy atom. The standard InChI is InChI=1S/C10H20FNS/c1-10(11,5-6-12-2)9-3-7-13-8-4-9/h9,12H,3-8H2,1-2H3. The number of hydrogen-bond acceptors (Lipinski definition) is 2. The van der Waals surface area contributed by atoms with Crippen LogP contribution in [0.25, 0.3) is 0 Å². The normalized spacial score (nSPS) is 24.2. The quantitative estimate of drug-likeness (QED) is 0.756. The summed E-state index contributed by atoms with van der Waals surface area (Å²) in [6.07, 6.45) is 2.77. The minimum absolute atomic E-state index is 0.294. The van der Waals surface area contributed by atoms with Gasteiger partial charge in [-0.3, -0.25) is 0 Å². The van der Waals surface area contributed by atoms with Gasteiger partial charge in [0.15, 0.2) is 0 Å². The van der Waals surface area contributed by atoms with Crippen molar-refractivity contribution < 1.29 is 4.39 Å². The molecule has 0 spiro atoms. The van der Waals surface area contributed by atoms with Crippen LogP contribution in [0.5, 0.6) is 0 Å². The molecule has 0 saturated carbocycles. The van der Waals surface area contributed by atoms with Gasteiger partial charge in [-0.2, -0.15) is 11.8 Å². The summed E-state index contributed by atoms with van der Waals surface area (Å²) >= 11 is 1.96. The van der Waals surface area contributed by atoms with Crippen LogP contribution in [0.1, 0.15) is 26.2 Å².